The highest BCUT2D eigenvalue weighted by atomic mass is 16.5. The molecule has 2 aromatic rings. The molecule has 18 heavy (non-hydrogen) atoms. The molecule has 0 radical (unpaired) electrons. The zero-order valence-corrected chi connectivity index (χ0v) is 10.3. The second kappa shape index (κ2) is 5.09. The van der Waals surface area contributed by atoms with Crippen LogP contribution in [-0.4, -0.2) is 0 Å². The van der Waals surface area contributed by atoms with Crippen LogP contribution in [0, 0.1) is 0 Å². The normalized spacial score (nSPS) is 18.9. The first-order valence-corrected chi connectivity index (χ1v) is 6.41. The lowest BCUT2D eigenvalue weighted by Crippen LogP contribution is -2.08. The maximum atomic E-state index is 6.12. The summed E-state index contributed by atoms with van der Waals surface area (Å²) in [6.45, 7) is 0. The monoisotopic (exact) mass is 236 g/mol. The minimum Gasteiger partial charge on any atom is -0.485 e. The van der Waals surface area contributed by atoms with Gasteiger partial charge in [0.1, 0.15) is 11.9 Å². The van der Waals surface area contributed by atoms with Gasteiger partial charge in [-0.15, -0.1) is 0 Å². The van der Waals surface area contributed by atoms with Gasteiger partial charge in [-0.3, -0.25) is 0 Å². The number of rotatable bonds is 2. The number of allylic oxidation sites excluding steroid dienone is 1. The number of benzene rings is 2. The molecule has 0 bridgehead atoms. The van der Waals surface area contributed by atoms with Crippen molar-refractivity contribution in [3.8, 4) is 0 Å². The summed E-state index contributed by atoms with van der Waals surface area (Å²) in [6.07, 6.45) is 4.50. The van der Waals surface area contributed by atoms with Gasteiger partial charge in [-0.1, -0.05) is 60.7 Å². The van der Waals surface area contributed by atoms with Crippen LogP contribution in [0.4, 0.5) is 0 Å². The minimum atomic E-state index is 0.186. The first-order valence-electron chi connectivity index (χ1n) is 6.41. The number of hydrogen-bond donors (Lipinski definition) is 0. The smallest absolute Gasteiger partial charge is 0.124 e. The van der Waals surface area contributed by atoms with E-state index in [0.717, 1.165) is 24.2 Å². The van der Waals surface area contributed by atoms with Crippen LogP contribution in [0.2, 0.25) is 0 Å². The summed E-state index contributed by atoms with van der Waals surface area (Å²) in [5, 5.41) is 0. The molecule has 1 nitrogen and oxygen atoms in total. The van der Waals surface area contributed by atoms with Crippen molar-refractivity contribution in [2.75, 3.05) is 0 Å². The van der Waals surface area contributed by atoms with E-state index in [1.54, 1.807) is 0 Å². The topological polar surface area (TPSA) is 9.23 Å². The van der Waals surface area contributed by atoms with Gasteiger partial charge in [-0.05, 0) is 24.5 Å². The van der Waals surface area contributed by atoms with E-state index in [2.05, 4.69) is 42.5 Å². The molecule has 0 aromatic heterocycles. The van der Waals surface area contributed by atoms with Crippen LogP contribution in [0.1, 0.15) is 30.1 Å². The van der Waals surface area contributed by atoms with Crippen LogP contribution < -0.4 is 0 Å². The summed E-state index contributed by atoms with van der Waals surface area (Å²) in [7, 11) is 0. The Bertz CT molecular complexity index is 528. The Hall–Kier alpha value is -2.02. The lowest BCUT2D eigenvalue weighted by atomic mass is 10.0. The van der Waals surface area contributed by atoms with Crippen molar-refractivity contribution >= 4 is 5.76 Å². The molecule has 90 valence electrons. The fourth-order valence-electron chi connectivity index (χ4n) is 2.32. The zero-order chi connectivity index (χ0) is 12.2. The molecule has 1 atom stereocenters. The van der Waals surface area contributed by atoms with Crippen molar-refractivity contribution in [1.29, 1.82) is 0 Å². The molecule has 0 fully saturated rings. The van der Waals surface area contributed by atoms with Crippen LogP contribution in [0.15, 0.2) is 66.7 Å². The van der Waals surface area contributed by atoms with Crippen molar-refractivity contribution in [2.45, 2.75) is 18.9 Å². The molecule has 1 aliphatic heterocycles. The number of ether oxygens (including phenoxy) is 1. The Morgan fingerprint density at radius 1 is 0.833 bits per heavy atom. The largest absolute Gasteiger partial charge is 0.485 e. The van der Waals surface area contributed by atoms with E-state index >= 15 is 0 Å². The predicted octanol–water partition coefficient (Wildman–Crippen LogP) is 4.58. The lowest BCUT2D eigenvalue weighted by Gasteiger charge is -2.25. The van der Waals surface area contributed by atoms with E-state index in [4.69, 9.17) is 4.74 Å². The van der Waals surface area contributed by atoms with Gasteiger partial charge in [0.15, 0.2) is 0 Å². The van der Waals surface area contributed by atoms with Crippen molar-refractivity contribution in [1.82, 2.24) is 0 Å². The van der Waals surface area contributed by atoms with Crippen LogP contribution in [0.5, 0.6) is 0 Å². The van der Waals surface area contributed by atoms with Gasteiger partial charge in [0.05, 0.1) is 0 Å². The van der Waals surface area contributed by atoms with Crippen molar-refractivity contribution in [2.24, 2.45) is 0 Å². The van der Waals surface area contributed by atoms with E-state index in [9.17, 15) is 0 Å². The summed E-state index contributed by atoms with van der Waals surface area (Å²) in [4.78, 5) is 0. The molecule has 0 N–H and O–H groups in total. The van der Waals surface area contributed by atoms with E-state index in [1.165, 1.54) is 5.56 Å². The Balaban J connectivity index is 1.82. The summed E-state index contributed by atoms with van der Waals surface area (Å²) in [5.74, 6) is 1.01. The Labute approximate surface area is 108 Å². The molecule has 0 saturated carbocycles. The summed E-state index contributed by atoms with van der Waals surface area (Å²) >= 11 is 0. The summed E-state index contributed by atoms with van der Waals surface area (Å²) in [6, 6.07) is 20.8. The molecular weight excluding hydrogens is 220 g/mol. The molecule has 0 saturated heterocycles. The number of hydrogen-bond acceptors (Lipinski definition) is 1. The van der Waals surface area contributed by atoms with Crippen LogP contribution >= 0.6 is 0 Å². The second-order valence-electron chi connectivity index (χ2n) is 4.53. The molecule has 1 aliphatic rings. The van der Waals surface area contributed by atoms with Crippen molar-refractivity contribution < 1.29 is 4.74 Å². The van der Waals surface area contributed by atoms with Crippen molar-refractivity contribution in [3.63, 3.8) is 0 Å². The molecule has 0 aliphatic carbocycles. The van der Waals surface area contributed by atoms with Gasteiger partial charge in [-0.2, -0.15) is 0 Å². The second-order valence-corrected chi connectivity index (χ2v) is 4.53. The SMILES string of the molecule is C1=C(c2ccccc2)OC(c2ccccc2)CC1. The third-order valence-electron chi connectivity index (χ3n) is 3.26. The highest BCUT2D eigenvalue weighted by Crippen LogP contribution is 2.33. The zero-order valence-electron chi connectivity index (χ0n) is 10.3. The quantitative estimate of drug-likeness (QED) is 0.741. The van der Waals surface area contributed by atoms with Crippen LogP contribution in [0.3, 0.4) is 0 Å². The predicted molar refractivity (Wildman–Crippen MR) is 73.9 cm³/mol. The van der Waals surface area contributed by atoms with Gasteiger partial charge in [0.25, 0.3) is 0 Å². The third kappa shape index (κ3) is 2.30. The van der Waals surface area contributed by atoms with E-state index in [1.807, 2.05) is 24.3 Å². The highest BCUT2D eigenvalue weighted by molar-refractivity contribution is 5.60. The van der Waals surface area contributed by atoms with Gasteiger partial charge in [0.2, 0.25) is 0 Å². The maximum Gasteiger partial charge on any atom is 0.124 e. The van der Waals surface area contributed by atoms with Gasteiger partial charge in [0, 0.05) is 5.56 Å². The molecule has 1 heteroatoms. The first kappa shape index (κ1) is 11.1. The molecular formula is C17H16O. The molecule has 0 spiro atoms. The standard InChI is InChI=1S/C17H16O/c1-3-8-14(9-4-1)16-12-7-13-17(18-16)15-10-5-2-6-11-15/h1-6,8-12,17H,7,13H2. The van der Waals surface area contributed by atoms with Gasteiger partial charge in [-0.25, -0.2) is 0 Å². The Kier molecular flexibility index (Phi) is 3.14. The third-order valence-corrected chi connectivity index (χ3v) is 3.26. The lowest BCUT2D eigenvalue weighted by molar-refractivity contribution is 0.149. The van der Waals surface area contributed by atoms with Gasteiger partial charge < -0.3 is 4.74 Å². The molecule has 1 unspecified atom stereocenters. The fraction of sp³-hybridized carbons (Fsp3) is 0.176. The fourth-order valence-corrected chi connectivity index (χ4v) is 2.32. The summed E-state index contributed by atoms with van der Waals surface area (Å²) in [5.41, 5.74) is 2.43. The van der Waals surface area contributed by atoms with Crippen LogP contribution in [-0.2, 0) is 4.74 Å². The minimum absolute atomic E-state index is 0.186. The molecule has 2 aromatic carbocycles. The maximum absolute atomic E-state index is 6.12. The Morgan fingerprint density at radius 2 is 1.50 bits per heavy atom. The first-order chi connectivity index (χ1) is 8.93. The summed E-state index contributed by atoms with van der Waals surface area (Å²) < 4.78 is 6.12. The van der Waals surface area contributed by atoms with Gasteiger partial charge >= 0.3 is 0 Å². The Morgan fingerprint density at radius 3 is 2.22 bits per heavy atom. The van der Waals surface area contributed by atoms with E-state index in [0.29, 0.717) is 0 Å². The van der Waals surface area contributed by atoms with Crippen molar-refractivity contribution in [3.05, 3.63) is 77.9 Å². The van der Waals surface area contributed by atoms with E-state index < -0.39 is 0 Å². The average molecular weight is 236 g/mol. The van der Waals surface area contributed by atoms with E-state index in [-0.39, 0.29) is 6.10 Å². The molecule has 0 amide bonds. The molecule has 3 rings (SSSR count). The van der Waals surface area contributed by atoms with Crippen LogP contribution in [0.25, 0.3) is 5.76 Å². The molecule has 1 heterocycles. The average Bonchev–Trinajstić information content (AvgIpc) is 2.49. The highest BCUT2D eigenvalue weighted by Gasteiger charge is 2.18.